The number of methoxy groups -OCH3 is 1. The lowest BCUT2D eigenvalue weighted by molar-refractivity contribution is -0.148. The predicted molar refractivity (Wildman–Crippen MR) is 72.3 cm³/mol. The van der Waals surface area contributed by atoms with Gasteiger partial charge in [0.25, 0.3) is 5.91 Å². The van der Waals surface area contributed by atoms with Crippen LogP contribution in [0.3, 0.4) is 0 Å². The van der Waals surface area contributed by atoms with Crippen molar-refractivity contribution in [3.63, 3.8) is 0 Å². The summed E-state index contributed by atoms with van der Waals surface area (Å²) in [5.74, 6) is -1.11. The molecular formula is C14H16N2O5. The second kappa shape index (κ2) is 6.85. The number of carbonyl (C=O) groups excluding carboxylic acids is 3. The van der Waals surface area contributed by atoms with E-state index in [2.05, 4.69) is 5.32 Å². The first-order valence-corrected chi connectivity index (χ1v) is 6.45. The first-order chi connectivity index (χ1) is 10.1. The summed E-state index contributed by atoms with van der Waals surface area (Å²) in [4.78, 5) is 36.4. The van der Waals surface area contributed by atoms with E-state index in [4.69, 9.17) is 9.47 Å². The molecule has 1 unspecified atom stereocenters. The third kappa shape index (κ3) is 3.57. The summed E-state index contributed by atoms with van der Waals surface area (Å²) >= 11 is 0. The highest BCUT2D eigenvalue weighted by Crippen LogP contribution is 2.21. The Hall–Kier alpha value is -2.41. The fraction of sp³-hybridized carbons (Fsp3) is 0.357. The number of nitrogens with one attached hydrogen (secondary N) is 1. The molecule has 21 heavy (non-hydrogen) atoms. The molecule has 7 heteroatoms. The molecule has 3 amide bonds. The van der Waals surface area contributed by atoms with Gasteiger partial charge in [0.15, 0.2) is 0 Å². The minimum atomic E-state index is -0.759. The Labute approximate surface area is 121 Å². The van der Waals surface area contributed by atoms with Crippen LogP contribution in [0.5, 0.6) is 0 Å². The third-order valence-electron chi connectivity index (χ3n) is 3.00. The number of hydrogen-bond acceptors (Lipinski definition) is 5. The van der Waals surface area contributed by atoms with Crippen molar-refractivity contribution in [1.29, 1.82) is 0 Å². The molecule has 1 N–H and O–H groups in total. The Bertz CT molecular complexity index is 531. The summed E-state index contributed by atoms with van der Waals surface area (Å²) in [6.07, 6.45) is 0. The number of ether oxygens (including phenoxy) is 2. The number of rotatable bonds is 6. The summed E-state index contributed by atoms with van der Waals surface area (Å²) in [6.45, 7) is -0.0582. The number of imide groups is 1. The molecule has 1 aromatic carbocycles. The van der Waals surface area contributed by atoms with Crippen LogP contribution in [-0.4, -0.2) is 49.7 Å². The van der Waals surface area contributed by atoms with E-state index in [1.807, 2.05) is 6.07 Å². The van der Waals surface area contributed by atoms with Gasteiger partial charge in [-0.3, -0.25) is 14.5 Å². The fourth-order valence-corrected chi connectivity index (χ4v) is 1.95. The van der Waals surface area contributed by atoms with Crippen LogP contribution in [-0.2, 0) is 19.1 Å². The Morgan fingerprint density at radius 3 is 2.62 bits per heavy atom. The molecule has 0 aliphatic carbocycles. The largest absolute Gasteiger partial charge is 0.462 e. The van der Waals surface area contributed by atoms with E-state index in [1.165, 1.54) is 7.11 Å². The lowest BCUT2D eigenvalue weighted by atomic mass is 10.1. The van der Waals surface area contributed by atoms with Crippen LogP contribution < -0.4 is 5.32 Å². The van der Waals surface area contributed by atoms with Crippen LogP contribution in [0, 0.1) is 0 Å². The molecule has 1 saturated heterocycles. The van der Waals surface area contributed by atoms with Crippen molar-refractivity contribution >= 4 is 17.9 Å². The second-order valence-electron chi connectivity index (χ2n) is 4.43. The smallest absolute Gasteiger partial charge is 0.326 e. The van der Waals surface area contributed by atoms with E-state index in [0.29, 0.717) is 5.56 Å². The van der Waals surface area contributed by atoms with E-state index in [0.717, 1.165) is 4.90 Å². The summed E-state index contributed by atoms with van der Waals surface area (Å²) in [6, 6.07) is 7.48. The zero-order valence-corrected chi connectivity index (χ0v) is 11.6. The van der Waals surface area contributed by atoms with Gasteiger partial charge in [0.05, 0.1) is 6.61 Å². The van der Waals surface area contributed by atoms with E-state index < -0.39 is 30.5 Å². The van der Waals surface area contributed by atoms with E-state index in [1.54, 1.807) is 24.3 Å². The normalized spacial score (nSPS) is 17.8. The molecule has 0 spiro atoms. The Morgan fingerprint density at radius 2 is 1.95 bits per heavy atom. The average molecular weight is 292 g/mol. The van der Waals surface area contributed by atoms with Gasteiger partial charge in [0.1, 0.15) is 19.2 Å². The number of hydrogen-bond donors (Lipinski definition) is 1. The summed E-state index contributed by atoms with van der Waals surface area (Å²) in [7, 11) is 1.48. The minimum absolute atomic E-state index is 0.0844. The highest BCUT2D eigenvalue weighted by atomic mass is 16.6. The van der Waals surface area contributed by atoms with Crippen molar-refractivity contribution < 1.29 is 23.9 Å². The van der Waals surface area contributed by atoms with Gasteiger partial charge in [-0.25, -0.2) is 4.79 Å². The number of nitrogens with zero attached hydrogens (tertiary/aromatic N) is 1. The summed E-state index contributed by atoms with van der Waals surface area (Å²) in [5.41, 5.74) is 0.672. The SMILES string of the molecule is COCCOC(=O)CN1C(=O)NC(c2ccccc2)C1=O. The Kier molecular flexibility index (Phi) is 4.89. The van der Waals surface area contributed by atoms with Crippen LogP contribution >= 0.6 is 0 Å². The van der Waals surface area contributed by atoms with E-state index in [9.17, 15) is 14.4 Å². The van der Waals surface area contributed by atoms with Gasteiger partial charge in [-0.2, -0.15) is 0 Å². The molecule has 1 fully saturated rings. The summed E-state index contributed by atoms with van der Waals surface area (Å²) in [5, 5.41) is 2.55. The molecule has 0 saturated carbocycles. The van der Waals surface area contributed by atoms with Crippen molar-refractivity contribution in [1.82, 2.24) is 10.2 Å². The quantitative estimate of drug-likeness (QED) is 0.468. The molecule has 0 radical (unpaired) electrons. The lowest BCUT2D eigenvalue weighted by Crippen LogP contribution is -2.36. The van der Waals surface area contributed by atoms with E-state index in [-0.39, 0.29) is 13.2 Å². The molecule has 1 aliphatic heterocycles. The highest BCUT2D eigenvalue weighted by molar-refractivity contribution is 6.06. The Morgan fingerprint density at radius 1 is 1.24 bits per heavy atom. The number of amides is 3. The summed E-state index contributed by atoms with van der Waals surface area (Å²) < 4.78 is 9.59. The van der Waals surface area contributed by atoms with Crippen LogP contribution in [0.2, 0.25) is 0 Å². The van der Waals surface area contributed by atoms with Crippen LogP contribution in [0.25, 0.3) is 0 Å². The number of carbonyl (C=O) groups is 3. The van der Waals surface area contributed by atoms with Crippen molar-refractivity contribution in [3.05, 3.63) is 35.9 Å². The molecule has 112 valence electrons. The van der Waals surface area contributed by atoms with Crippen molar-refractivity contribution in [3.8, 4) is 0 Å². The third-order valence-corrected chi connectivity index (χ3v) is 3.00. The van der Waals surface area contributed by atoms with Gasteiger partial charge in [-0.05, 0) is 5.56 Å². The first kappa shape index (κ1) is 15.0. The maximum atomic E-state index is 12.2. The van der Waals surface area contributed by atoms with Crippen LogP contribution in [0.15, 0.2) is 30.3 Å². The zero-order chi connectivity index (χ0) is 15.2. The number of benzene rings is 1. The highest BCUT2D eigenvalue weighted by Gasteiger charge is 2.39. The molecule has 1 heterocycles. The first-order valence-electron chi connectivity index (χ1n) is 6.45. The molecule has 1 atom stereocenters. The molecule has 1 aliphatic rings. The maximum absolute atomic E-state index is 12.2. The van der Waals surface area contributed by atoms with Gasteiger partial charge < -0.3 is 14.8 Å². The van der Waals surface area contributed by atoms with Gasteiger partial charge in [-0.1, -0.05) is 30.3 Å². The predicted octanol–water partition coefficient (Wildman–Crippen LogP) is 0.469. The lowest BCUT2D eigenvalue weighted by Gasteiger charge is -2.12. The fourth-order valence-electron chi connectivity index (χ4n) is 1.95. The Balaban J connectivity index is 1.97. The molecule has 2 rings (SSSR count). The van der Waals surface area contributed by atoms with Gasteiger partial charge in [0, 0.05) is 7.11 Å². The minimum Gasteiger partial charge on any atom is -0.462 e. The zero-order valence-electron chi connectivity index (χ0n) is 11.6. The van der Waals surface area contributed by atoms with Gasteiger partial charge in [-0.15, -0.1) is 0 Å². The number of urea groups is 1. The molecule has 7 nitrogen and oxygen atoms in total. The van der Waals surface area contributed by atoms with Crippen molar-refractivity contribution in [2.45, 2.75) is 6.04 Å². The topological polar surface area (TPSA) is 84.9 Å². The average Bonchev–Trinajstić information content (AvgIpc) is 2.76. The van der Waals surface area contributed by atoms with Gasteiger partial charge in [0.2, 0.25) is 0 Å². The van der Waals surface area contributed by atoms with Crippen molar-refractivity contribution in [2.24, 2.45) is 0 Å². The molecule has 0 aromatic heterocycles. The molecule has 1 aromatic rings. The van der Waals surface area contributed by atoms with Crippen LogP contribution in [0.4, 0.5) is 4.79 Å². The maximum Gasteiger partial charge on any atom is 0.326 e. The molecular weight excluding hydrogens is 276 g/mol. The van der Waals surface area contributed by atoms with Crippen LogP contribution in [0.1, 0.15) is 11.6 Å². The number of esters is 1. The van der Waals surface area contributed by atoms with Gasteiger partial charge >= 0.3 is 12.0 Å². The van der Waals surface area contributed by atoms with E-state index >= 15 is 0 Å². The second-order valence-corrected chi connectivity index (χ2v) is 4.43. The standard InChI is InChI=1S/C14H16N2O5/c1-20-7-8-21-11(17)9-16-13(18)12(15-14(16)19)10-5-3-2-4-6-10/h2-6,12H,7-9H2,1H3,(H,15,19). The van der Waals surface area contributed by atoms with Crippen molar-refractivity contribution in [2.75, 3.05) is 26.9 Å². The molecule has 0 bridgehead atoms. The monoisotopic (exact) mass is 292 g/mol.